The molecule has 0 saturated carbocycles. The lowest BCUT2D eigenvalue weighted by atomic mass is 10.2. The van der Waals surface area contributed by atoms with E-state index in [0.29, 0.717) is 128 Å². The van der Waals surface area contributed by atoms with Gasteiger partial charge < -0.3 is 49.3 Å². The van der Waals surface area contributed by atoms with Crippen LogP contribution in [0.1, 0.15) is 34.6 Å². The van der Waals surface area contributed by atoms with Crippen molar-refractivity contribution in [1.29, 1.82) is 0 Å². The number of amides is 3. The first-order valence-electron chi connectivity index (χ1n) is 25.2. The molecule has 4 aliphatic heterocycles. The predicted molar refractivity (Wildman–Crippen MR) is 274 cm³/mol. The minimum atomic E-state index is -4.56. The number of carbonyl (C=O) groups excluding carboxylic acids is 3. The summed E-state index contributed by atoms with van der Waals surface area (Å²) >= 11 is 0. The zero-order valence-corrected chi connectivity index (χ0v) is 43.9. The van der Waals surface area contributed by atoms with E-state index in [0.717, 1.165) is 9.13 Å². The van der Waals surface area contributed by atoms with Crippen LogP contribution in [0.2, 0.25) is 0 Å². The first-order chi connectivity index (χ1) is 37.5. The number of fused-ring (bicyclic) bond motifs is 2. The molecule has 6 aromatic rings. The number of nitrogens with two attached hydrogens (primary N) is 1. The fourth-order valence-corrected chi connectivity index (χ4v) is 9.13. The van der Waals surface area contributed by atoms with Crippen molar-refractivity contribution in [3.05, 3.63) is 24.8 Å². The van der Waals surface area contributed by atoms with Crippen molar-refractivity contribution < 1.29 is 54.9 Å². The van der Waals surface area contributed by atoms with Crippen molar-refractivity contribution in [2.45, 2.75) is 65.7 Å². The van der Waals surface area contributed by atoms with Gasteiger partial charge in [-0.25, -0.2) is 54.6 Å². The van der Waals surface area contributed by atoms with E-state index in [2.05, 4.69) is 50.2 Å². The molecular formula is C47H58F6N20O6. The van der Waals surface area contributed by atoms with E-state index in [4.69, 9.17) is 24.9 Å². The van der Waals surface area contributed by atoms with Crippen LogP contribution in [0, 0.1) is 0 Å². The number of hydrogen-bond donors (Lipinski definition) is 2. The van der Waals surface area contributed by atoms with Crippen LogP contribution in [0.4, 0.5) is 66.6 Å². The van der Waals surface area contributed by atoms with Gasteiger partial charge in [0.05, 0.1) is 37.6 Å². The molecule has 0 spiro atoms. The smallest absolute Gasteiger partial charge is 0.414 e. The topological polar surface area (TPSA) is 275 Å². The summed E-state index contributed by atoms with van der Waals surface area (Å²) in [6, 6.07) is 0. The molecule has 6 aromatic heterocycles. The van der Waals surface area contributed by atoms with Crippen molar-refractivity contribution in [2.24, 2.45) is 0 Å². The number of ether oxygens (including phenoxy) is 3. The zero-order chi connectivity index (χ0) is 56.4. The number of imidazole rings is 2. The van der Waals surface area contributed by atoms with Gasteiger partial charge in [0.25, 0.3) is 0 Å². The highest BCUT2D eigenvalue weighted by Gasteiger charge is 2.37. The minimum absolute atomic E-state index is 0.00349. The van der Waals surface area contributed by atoms with Crippen LogP contribution in [0.25, 0.3) is 45.1 Å². The van der Waals surface area contributed by atoms with Gasteiger partial charge in [0.2, 0.25) is 35.6 Å². The molecule has 0 radical (unpaired) electrons. The first kappa shape index (κ1) is 55.7. The summed E-state index contributed by atoms with van der Waals surface area (Å²) in [6.07, 6.45) is -4.21. The lowest BCUT2D eigenvalue weighted by molar-refractivity contribution is -0.140. The van der Waals surface area contributed by atoms with Crippen molar-refractivity contribution in [3.63, 3.8) is 0 Å². The number of nitrogens with one attached hydrogen (secondary N) is 1. The Morgan fingerprint density at radius 1 is 0.557 bits per heavy atom. The highest BCUT2D eigenvalue weighted by Crippen LogP contribution is 2.36. The van der Waals surface area contributed by atoms with E-state index in [1.165, 1.54) is 38.6 Å². The van der Waals surface area contributed by atoms with Crippen LogP contribution in [0.5, 0.6) is 0 Å². The van der Waals surface area contributed by atoms with Crippen molar-refractivity contribution in [3.8, 4) is 22.8 Å². The number of hydrogen-bond acceptors (Lipinski definition) is 21. The van der Waals surface area contributed by atoms with Crippen LogP contribution in [0.3, 0.4) is 0 Å². The third kappa shape index (κ3) is 13.5. The lowest BCUT2D eigenvalue weighted by Gasteiger charge is -2.35. The molecule has 10 heterocycles. The molecule has 26 nitrogen and oxygen atoms in total. The molecule has 4 aliphatic rings. The summed E-state index contributed by atoms with van der Waals surface area (Å²) in [6.45, 7) is 12.0. The molecule has 3 amide bonds. The Morgan fingerprint density at radius 3 is 1.29 bits per heavy atom. The Hall–Kier alpha value is -8.03. The summed E-state index contributed by atoms with van der Waals surface area (Å²) < 4.78 is 101. The number of halogens is 6. The van der Waals surface area contributed by atoms with Gasteiger partial charge >= 0.3 is 18.4 Å². The molecule has 32 heteroatoms. The number of alkyl halides is 6. The van der Waals surface area contributed by atoms with Gasteiger partial charge in [-0.1, -0.05) is 0 Å². The summed E-state index contributed by atoms with van der Waals surface area (Å²) in [5.74, 6) is 1.14. The largest absolute Gasteiger partial charge is 0.444 e. The lowest BCUT2D eigenvalue weighted by Crippen LogP contribution is -2.49. The normalized spacial score (nSPS) is 16.8. The van der Waals surface area contributed by atoms with Gasteiger partial charge in [0.15, 0.2) is 45.6 Å². The van der Waals surface area contributed by atoms with Crippen LogP contribution in [-0.2, 0) is 36.9 Å². The molecule has 0 bridgehead atoms. The average molecular weight is 1110 g/mol. The molecule has 0 aromatic carbocycles. The monoisotopic (exact) mass is 1110 g/mol. The number of nitrogens with zero attached hydrogens (tertiary/aromatic N) is 18. The van der Waals surface area contributed by atoms with Gasteiger partial charge in [-0.05, 0) is 20.8 Å². The fourth-order valence-electron chi connectivity index (χ4n) is 9.13. The molecule has 0 atom stereocenters. The molecule has 4 fully saturated rings. The van der Waals surface area contributed by atoms with Crippen LogP contribution in [0.15, 0.2) is 24.8 Å². The Kier molecular flexibility index (Phi) is 16.0. The highest BCUT2D eigenvalue weighted by atomic mass is 19.4. The molecule has 424 valence electrons. The maximum absolute atomic E-state index is 13.9. The molecule has 0 unspecified atom stereocenters. The van der Waals surface area contributed by atoms with Crippen LogP contribution >= 0.6 is 0 Å². The number of nitrogen functional groups attached to an aromatic ring is 1. The Bertz CT molecular complexity index is 3140. The van der Waals surface area contributed by atoms with Crippen molar-refractivity contribution in [2.75, 3.05) is 136 Å². The SMILES string of the molecule is CC(=O)N1CCN(c2nc3c(N4CCOCC4)nc(-c4cnc(N)nc4)nc3n2CC(F)(F)F)CC1.CC(=O)N1CCN(c2nc3c(N4CCOCC4)nc(-c4cnc(NC(=O)OC(C)(C)C)nc4)nc3n2CC(F)(F)F)CC1. The van der Waals surface area contributed by atoms with E-state index in [1.807, 2.05) is 9.80 Å². The second-order valence-electron chi connectivity index (χ2n) is 19.7. The van der Waals surface area contributed by atoms with E-state index in [9.17, 15) is 40.7 Å². The zero-order valence-electron chi connectivity index (χ0n) is 43.9. The number of piperazine rings is 2. The minimum Gasteiger partial charge on any atom is -0.444 e. The van der Waals surface area contributed by atoms with Crippen LogP contribution < -0.4 is 30.7 Å². The fraction of sp³-hybridized carbons (Fsp3) is 0.553. The molecule has 3 N–H and O–H groups in total. The van der Waals surface area contributed by atoms with Crippen LogP contribution in [-0.4, -0.2) is 210 Å². The number of morpholine rings is 2. The number of anilines is 6. The average Bonchev–Trinajstić information content (AvgIpc) is 4.06. The quantitative estimate of drug-likeness (QED) is 0.196. The predicted octanol–water partition coefficient (Wildman–Crippen LogP) is 3.63. The third-order valence-electron chi connectivity index (χ3n) is 12.9. The molecular weight excluding hydrogens is 1050 g/mol. The van der Waals surface area contributed by atoms with Gasteiger partial charge in [0.1, 0.15) is 18.7 Å². The second-order valence-corrected chi connectivity index (χ2v) is 19.7. The van der Waals surface area contributed by atoms with Gasteiger partial charge in [0, 0.05) is 117 Å². The molecule has 4 saturated heterocycles. The van der Waals surface area contributed by atoms with E-state index < -0.39 is 37.1 Å². The summed E-state index contributed by atoms with van der Waals surface area (Å²) in [4.78, 5) is 90.2. The Morgan fingerprint density at radius 2 is 0.937 bits per heavy atom. The second kappa shape index (κ2) is 22.7. The summed E-state index contributed by atoms with van der Waals surface area (Å²) in [7, 11) is 0. The van der Waals surface area contributed by atoms with Gasteiger partial charge in [-0.15, -0.1) is 0 Å². The molecule has 10 rings (SSSR count). The van der Waals surface area contributed by atoms with E-state index in [1.54, 1.807) is 40.4 Å². The summed E-state index contributed by atoms with van der Waals surface area (Å²) in [5, 5.41) is 2.44. The first-order valence-corrected chi connectivity index (χ1v) is 25.2. The molecule has 79 heavy (non-hydrogen) atoms. The van der Waals surface area contributed by atoms with Crippen molar-refractivity contribution >= 4 is 75.7 Å². The number of rotatable bonds is 9. The number of carbonyl (C=O) groups is 3. The Balaban J connectivity index is 0.000000195. The Labute approximate surface area is 447 Å². The third-order valence-corrected chi connectivity index (χ3v) is 12.9. The summed E-state index contributed by atoms with van der Waals surface area (Å²) in [5.41, 5.74) is 6.16. The van der Waals surface area contributed by atoms with E-state index in [-0.39, 0.29) is 69.6 Å². The maximum atomic E-state index is 13.9. The van der Waals surface area contributed by atoms with Gasteiger partial charge in [-0.2, -0.15) is 26.3 Å². The highest BCUT2D eigenvalue weighted by molar-refractivity contribution is 5.90. The van der Waals surface area contributed by atoms with Gasteiger partial charge in [-0.3, -0.25) is 24.0 Å². The van der Waals surface area contributed by atoms with E-state index >= 15 is 0 Å². The van der Waals surface area contributed by atoms with Crippen molar-refractivity contribution in [1.82, 2.24) is 68.8 Å². The number of aromatic nitrogens is 12. The molecule has 0 aliphatic carbocycles. The standard InChI is InChI=1S/C26H33F3N10O4.C21H25F3N10O2/c1-16(40)36-5-7-38(8-6-36)23-32-18-20(37-9-11-42-12-10-37)33-19(34-21(18)39(23)15-26(27,28)29)17-13-30-22(31-14-17)35-24(41)43-25(2,3)4;1-13(35)31-2-4-33(5-3-31)20-28-15-17(32-6-8-36-9-7-32)29-16(14-10-26-19(25)27-11-14)30-18(15)34(20)12-21(22,23)24/h13-14H,5-12,15H2,1-4H3,(H,30,31,35,41);10-11H,2-9,12H2,1H3,(H2,25,26,27). The maximum Gasteiger partial charge on any atom is 0.414 e.